The molecule has 3 aromatic carbocycles. The van der Waals surface area contributed by atoms with E-state index in [1.165, 1.54) is 35.2 Å². The minimum absolute atomic E-state index is 0.0345. The van der Waals surface area contributed by atoms with E-state index < -0.39 is 34.2 Å². The predicted octanol–water partition coefficient (Wildman–Crippen LogP) is 4.36. The molecular weight excluding hydrogens is 403 g/mol. The molecule has 1 N–H and O–H groups in total. The summed E-state index contributed by atoms with van der Waals surface area (Å²) in [6, 6.07) is 17.8. The summed E-state index contributed by atoms with van der Waals surface area (Å²) in [5.41, 5.74) is 0.370. The van der Waals surface area contributed by atoms with Gasteiger partial charge in [0.2, 0.25) is 0 Å². The molecule has 3 aromatic rings. The van der Waals surface area contributed by atoms with E-state index >= 15 is 0 Å². The van der Waals surface area contributed by atoms with Crippen LogP contribution in [0.2, 0.25) is 0 Å². The van der Waals surface area contributed by atoms with Gasteiger partial charge in [0.25, 0.3) is 17.4 Å². The first-order chi connectivity index (χ1) is 14.9. The molecule has 31 heavy (non-hydrogen) atoms. The Hall–Kier alpha value is -4.33. The summed E-state index contributed by atoms with van der Waals surface area (Å²) >= 11 is 0. The van der Waals surface area contributed by atoms with E-state index in [4.69, 9.17) is 0 Å². The Morgan fingerprint density at radius 1 is 0.968 bits per heavy atom. The van der Waals surface area contributed by atoms with Crippen LogP contribution in [-0.4, -0.2) is 21.7 Å². The molecule has 1 aliphatic heterocycles. The smallest absolute Gasteiger partial charge is 0.300 e. The van der Waals surface area contributed by atoms with Crippen molar-refractivity contribution >= 4 is 28.8 Å². The van der Waals surface area contributed by atoms with Crippen LogP contribution in [0.5, 0.6) is 0 Å². The Kier molecular flexibility index (Phi) is 5.04. The fourth-order valence-corrected chi connectivity index (χ4v) is 3.57. The van der Waals surface area contributed by atoms with Crippen molar-refractivity contribution in [3.05, 3.63) is 111 Å². The average molecular weight is 418 g/mol. The molecule has 1 fully saturated rings. The number of nitrogens with zero attached hydrogens (tertiary/aromatic N) is 2. The van der Waals surface area contributed by atoms with Gasteiger partial charge in [-0.1, -0.05) is 42.5 Å². The maximum Gasteiger partial charge on any atom is 0.300 e. The number of Topliss-reactive ketones (excluding diaryl/α,β-unsaturated/α-hetero) is 1. The molecular formula is C23H15FN2O5. The van der Waals surface area contributed by atoms with Gasteiger partial charge in [0.1, 0.15) is 11.6 Å². The van der Waals surface area contributed by atoms with Gasteiger partial charge in [-0.05, 0) is 29.8 Å². The number of anilines is 1. The quantitative estimate of drug-likeness (QED) is 0.223. The van der Waals surface area contributed by atoms with Crippen LogP contribution in [0.4, 0.5) is 15.8 Å². The van der Waals surface area contributed by atoms with E-state index in [2.05, 4.69) is 0 Å². The summed E-state index contributed by atoms with van der Waals surface area (Å²) in [6.07, 6.45) is 0. The lowest BCUT2D eigenvalue weighted by Crippen LogP contribution is -2.29. The number of carbonyl (C=O) groups is 2. The van der Waals surface area contributed by atoms with Gasteiger partial charge >= 0.3 is 0 Å². The molecule has 8 heteroatoms. The molecule has 4 rings (SSSR count). The molecule has 1 heterocycles. The lowest BCUT2D eigenvalue weighted by Gasteiger charge is -2.25. The van der Waals surface area contributed by atoms with Gasteiger partial charge in [0, 0.05) is 23.4 Å². The third kappa shape index (κ3) is 3.55. The van der Waals surface area contributed by atoms with E-state index in [-0.39, 0.29) is 22.5 Å². The molecule has 0 aliphatic carbocycles. The third-order valence-corrected chi connectivity index (χ3v) is 4.99. The molecule has 0 bridgehead atoms. The number of aliphatic hydroxyl groups is 1. The number of hydrogen-bond donors (Lipinski definition) is 1. The van der Waals surface area contributed by atoms with Crippen LogP contribution in [0, 0.1) is 15.9 Å². The summed E-state index contributed by atoms with van der Waals surface area (Å²) < 4.78 is 13.4. The lowest BCUT2D eigenvalue weighted by molar-refractivity contribution is -0.384. The topological polar surface area (TPSA) is 101 Å². The standard InChI is InChI=1S/C23H15FN2O5/c24-16-9-11-17(12-10-16)25-20(14-5-2-1-3-6-14)19(22(28)23(25)29)21(27)15-7-4-8-18(13-15)26(30)31/h1-13,20,27H/b21-19-. The number of aliphatic hydroxyl groups excluding tert-OH is 1. The van der Waals surface area contributed by atoms with Gasteiger partial charge in [-0.3, -0.25) is 24.6 Å². The number of rotatable bonds is 4. The van der Waals surface area contributed by atoms with Crippen LogP contribution in [0.15, 0.2) is 84.4 Å². The van der Waals surface area contributed by atoms with Crippen molar-refractivity contribution in [1.82, 2.24) is 0 Å². The second kappa shape index (κ2) is 7.83. The van der Waals surface area contributed by atoms with Gasteiger partial charge in [0.15, 0.2) is 0 Å². The van der Waals surface area contributed by atoms with Crippen molar-refractivity contribution in [3.8, 4) is 0 Å². The maximum absolute atomic E-state index is 13.4. The zero-order valence-corrected chi connectivity index (χ0v) is 15.9. The molecule has 0 spiro atoms. The average Bonchev–Trinajstić information content (AvgIpc) is 3.05. The highest BCUT2D eigenvalue weighted by Crippen LogP contribution is 2.42. The Morgan fingerprint density at radius 3 is 2.29 bits per heavy atom. The maximum atomic E-state index is 13.4. The summed E-state index contributed by atoms with van der Waals surface area (Å²) in [4.78, 5) is 37.6. The zero-order valence-electron chi connectivity index (χ0n) is 15.9. The molecule has 7 nitrogen and oxygen atoms in total. The first kappa shape index (κ1) is 20.0. The number of halogens is 1. The van der Waals surface area contributed by atoms with Gasteiger partial charge in [-0.15, -0.1) is 0 Å². The van der Waals surface area contributed by atoms with Crippen LogP contribution in [0.3, 0.4) is 0 Å². The summed E-state index contributed by atoms with van der Waals surface area (Å²) in [5, 5.41) is 22.1. The summed E-state index contributed by atoms with van der Waals surface area (Å²) in [7, 11) is 0. The molecule has 1 unspecified atom stereocenters. The number of nitro groups is 1. The van der Waals surface area contributed by atoms with Gasteiger partial charge < -0.3 is 5.11 Å². The van der Waals surface area contributed by atoms with E-state index in [1.54, 1.807) is 30.3 Å². The van der Waals surface area contributed by atoms with E-state index in [1.807, 2.05) is 0 Å². The molecule has 1 aliphatic rings. The number of non-ortho nitro benzene ring substituents is 1. The second-order valence-electron chi connectivity index (χ2n) is 6.86. The van der Waals surface area contributed by atoms with E-state index in [9.17, 15) is 29.2 Å². The molecule has 1 atom stereocenters. The number of nitro benzene ring substituents is 1. The molecule has 0 radical (unpaired) electrons. The SMILES string of the molecule is O=C1C(=O)N(c2ccc(F)cc2)C(c2ccccc2)/C1=C(/O)c1cccc([N+](=O)[O-])c1. The van der Waals surface area contributed by atoms with E-state index in [0.717, 1.165) is 18.2 Å². The van der Waals surface area contributed by atoms with Crippen LogP contribution in [0.1, 0.15) is 17.2 Å². The predicted molar refractivity (Wildman–Crippen MR) is 111 cm³/mol. The summed E-state index contributed by atoms with van der Waals surface area (Å²) in [5.74, 6) is -2.87. The van der Waals surface area contributed by atoms with Crippen molar-refractivity contribution in [1.29, 1.82) is 0 Å². The highest BCUT2D eigenvalue weighted by molar-refractivity contribution is 6.51. The van der Waals surface area contributed by atoms with Gasteiger partial charge in [-0.2, -0.15) is 0 Å². The number of amides is 1. The minimum Gasteiger partial charge on any atom is -0.507 e. The largest absolute Gasteiger partial charge is 0.507 e. The van der Waals surface area contributed by atoms with Crippen LogP contribution in [-0.2, 0) is 9.59 Å². The van der Waals surface area contributed by atoms with Crippen molar-refractivity contribution in [2.24, 2.45) is 0 Å². The monoisotopic (exact) mass is 418 g/mol. The Balaban J connectivity index is 1.93. The van der Waals surface area contributed by atoms with Crippen LogP contribution >= 0.6 is 0 Å². The first-order valence-corrected chi connectivity index (χ1v) is 9.25. The highest BCUT2D eigenvalue weighted by Gasteiger charge is 2.47. The Bertz CT molecular complexity index is 1220. The summed E-state index contributed by atoms with van der Waals surface area (Å²) in [6.45, 7) is 0. The van der Waals surface area contributed by atoms with Crippen molar-refractivity contribution in [2.75, 3.05) is 4.90 Å². The number of carbonyl (C=O) groups excluding carboxylic acids is 2. The molecule has 0 aromatic heterocycles. The van der Waals surface area contributed by atoms with Crippen LogP contribution in [0.25, 0.3) is 5.76 Å². The van der Waals surface area contributed by atoms with Crippen molar-refractivity contribution in [2.45, 2.75) is 6.04 Å². The normalized spacial score (nSPS) is 17.7. The van der Waals surface area contributed by atoms with Gasteiger partial charge in [-0.25, -0.2) is 4.39 Å². The molecule has 1 amide bonds. The Labute approximate surface area is 175 Å². The highest BCUT2D eigenvalue weighted by atomic mass is 19.1. The minimum atomic E-state index is -0.995. The fraction of sp³-hybridized carbons (Fsp3) is 0.0435. The molecule has 1 saturated heterocycles. The first-order valence-electron chi connectivity index (χ1n) is 9.25. The third-order valence-electron chi connectivity index (χ3n) is 4.99. The fourth-order valence-electron chi connectivity index (χ4n) is 3.57. The van der Waals surface area contributed by atoms with Crippen LogP contribution < -0.4 is 4.90 Å². The zero-order chi connectivity index (χ0) is 22.1. The number of ketones is 1. The number of hydrogen-bond acceptors (Lipinski definition) is 5. The molecule has 0 saturated carbocycles. The Morgan fingerprint density at radius 2 is 1.65 bits per heavy atom. The lowest BCUT2D eigenvalue weighted by atomic mass is 9.95. The second-order valence-corrected chi connectivity index (χ2v) is 6.86. The van der Waals surface area contributed by atoms with Crippen molar-refractivity contribution < 1.29 is 24.0 Å². The van der Waals surface area contributed by atoms with Gasteiger partial charge in [0.05, 0.1) is 16.5 Å². The number of benzene rings is 3. The van der Waals surface area contributed by atoms with Crippen molar-refractivity contribution in [3.63, 3.8) is 0 Å². The molecule has 154 valence electrons. The van der Waals surface area contributed by atoms with E-state index in [0.29, 0.717) is 5.56 Å².